The molecule has 0 bridgehead atoms. The molecular weight excluding hydrogens is 266 g/mol. The maximum atomic E-state index is 12.0. The van der Waals surface area contributed by atoms with Crippen LogP contribution in [0.15, 0.2) is 11.6 Å². The molecule has 2 heterocycles. The molecule has 0 aliphatic carbocycles. The van der Waals surface area contributed by atoms with Gasteiger partial charge in [-0.1, -0.05) is 13.3 Å². The van der Waals surface area contributed by atoms with Crippen LogP contribution in [0.3, 0.4) is 0 Å². The van der Waals surface area contributed by atoms with Crippen LogP contribution in [0.1, 0.15) is 26.2 Å². The molecule has 1 unspecified atom stereocenters. The number of carboxylic acids is 1. The van der Waals surface area contributed by atoms with E-state index in [1.54, 1.807) is 16.5 Å². The Labute approximate surface area is 115 Å². The van der Waals surface area contributed by atoms with Crippen molar-refractivity contribution in [3.05, 3.63) is 11.6 Å². The maximum Gasteiger partial charge on any atom is 0.323 e. The molecule has 1 saturated heterocycles. The largest absolute Gasteiger partial charge is 0.481 e. The molecule has 1 aliphatic rings. The van der Waals surface area contributed by atoms with Crippen molar-refractivity contribution in [1.29, 1.82) is 0 Å². The first kappa shape index (κ1) is 13.8. The summed E-state index contributed by atoms with van der Waals surface area (Å²) in [6.07, 6.45) is 3.53. The Bertz CT molecular complexity index is 463. The van der Waals surface area contributed by atoms with E-state index < -0.39 is 11.4 Å². The molecule has 1 fully saturated rings. The summed E-state index contributed by atoms with van der Waals surface area (Å²) < 4.78 is 0. The van der Waals surface area contributed by atoms with E-state index >= 15 is 0 Å². The van der Waals surface area contributed by atoms with Gasteiger partial charge >= 0.3 is 12.0 Å². The fourth-order valence-electron chi connectivity index (χ4n) is 2.47. The number of likely N-dealkylation sites (tertiary alicyclic amines) is 1. The number of rotatable bonds is 4. The van der Waals surface area contributed by atoms with E-state index in [0.717, 1.165) is 6.42 Å². The van der Waals surface area contributed by atoms with Gasteiger partial charge in [-0.2, -0.15) is 0 Å². The van der Waals surface area contributed by atoms with Crippen LogP contribution in [0.5, 0.6) is 0 Å². The number of hydrogen-bond acceptors (Lipinski definition) is 4. The highest BCUT2D eigenvalue weighted by Crippen LogP contribution is 2.35. The Kier molecular flexibility index (Phi) is 4.04. The summed E-state index contributed by atoms with van der Waals surface area (Å²) in [5, 5.41) is 14.4. The first-order valence-corrected chi connectivity index (χ1v) is 7.14. The van der Waals surface area contributed by atoms with Gasteiger partial charge in [0.2, 0.25) is 0 Å². The summed E-state index contributed by atoms with van der Waals surface area (Å²) in [5.74, 6) is -0.807. The Morgan fingerprint density at radius 1 is 1.63 bits per heavy atom. The van der Waals surface area contributed by atoms with Crippen molar-refractivity contribution < 1.29 is 14.7 Å². The van der Waals surface area contributed by atoms with E-state index in [2.05, 4.69) is 10.3 Å². The predicted molar refractivity (Wildman–Crippen MR) is 72.3 cm³/mol. The lowest BCUT2D eigenvalue weighted by Gasteiger charge is -2.24. The number of thiazole rings is 1. The molecule has 104 valence electrons. The van der Waals surface area contributed by atoms with Gasteiger partial charge in [-0.15, -0.1) is 11.3 Å². The van der Waals surface area contributed by atoms with Gasteiger partial charge in [0.15, 0.2) is 5.13 Å². The van der Waals surface area contributed by atoms with Gasteiger partial charge in [0, 0.05) is 24.7 Å². The monoisotopic (exact) mass is 283 g/mol. The maximum absolute atomic E-state index is 12.0. The van der Waals surface area contributed by atoms with Gasteiger partial charge < -0.3 is 10.0 Å². The number of aromatic nitrogens is 1. The molecular formula is C12H17N3O3S. The quantitative estimate of drug-likeness (QED) is 0.888. The molecule has 19 heavy (non-hydrogen) atoms. The highest BCUT2D eigenvalue weighted by molar-refractivity contribution is 7.13. The molecule has 1 atom stereocenters. The van der Waals surface area contributed by atoms with E-state index in [0.29, 0.717) is 24.5 Å². The molecule has 7 heteroatoms. The van der Waals surface area contributed by atoms with E-state index in [1.807, 2.05) is 6.92 Å². The van der Waals surface area contributed by atoms with Crippen LogP contribution in [0.2, 0.25) is 0 Å². The molecule has 1 aromatic rings. The first-order valence-electron chi connectivity index (χ1n) is 6.26. The fraction of sp³-hybridized carbons (Fsp3) is 0.583. The Morgan fingerprint density at radius 2 is 2.42 bits per heavy atom. The van der Waals surface area contributed by atoms with Crippen molar-refractivity contribution in [2.45, 2.75) is 26.2 Å². The van der Waals surface area contributed by atoms with Gasteiger partial charge in [0.1, 0.15) is 0 Å². The number of nitrogens with one attached hydrogen (secondary N) is 1. The van der Waals surface area contributed by atoms with Crippen molar-refractivity contribution in [3.63, 3.8) is 0 Å². The van der Waals surface area contributed by atoms with Crippen LogP contribution in [0, 0.1) is 5.41 Å². The molecule has 0 spiro atoms. The molecule has 0 radical (unpaired) electrons. The molecule has 2 N–H and O–H groups in total. The van der Waals surface area contributed by atoms with Gasteiger partial charge in [0.25, 0.3) is 0 Å². The number of anilines is 1. The van der Waals surface area contributed by atoms with Gasteiger partial charge in [0.05, 0.1) is 5.41 Å². The molecule has 0 saturated carbocycles. The van der Waals surface area contributed by atoms with Crippen LogP contribution in [0.4, 0.5) is 9.93 Å². The minimum absolute atomic E-state index is 0.269. The van der Waals surface area contributed by atoms with Gasteiger partial charge in [-0.3, -0.25) is 10.1 Å². The second kappa shape index (κ2) is 5.56. The van der Waals surface area contributed by atoms with Crippen molar-refractivity contribution in [2.24, 2.45) is 5.41 Å². The second-order valence-electron chi connectivity index (χ2n) is 4.77. The standard InChI is InChI=1S/C12H17N3O3S/c1-2-3-12(9(16)17)4-6-15(8-12)11(18)14-10-13-5-7-19-10/h5,7H,2-4,6,8H2,1H3,(H,16,17)(H,13,14,18). The zero-order valence-electron chi connectivity index (χ0n) is 10.8. The number of urea groups is 1. The number of aliphatic carboxylic acids is 1. The van der Waals surface area contributed by atoms with Crippen LogP contribution in [-0.4, -0.2) is 40.1 Å². The lowest BCUT2D eigenvalue weighted by atomic mass is 9.83. The predicted octanol–water partition coefficient (Wildman–Crippen LogP) is 2.25. The number of hydrogen-bond donors (Lipinski definition) is 2. The molecule has 2 amide bonds. The summed E-state index contributed by atoms with van der Waals surface area (Å²) in [7, 11) is 0. The van der Waals surface area contributed by atoms with E-state index in [-0.39, 0.29) is 12.6 Å². The third-order valence-corrected chi connectivity index (χ3v) is 4.16. The highest BCUT2D eigenvalue weighted by atomic mass is 32.1. The van der Waals surface area contributed by atoms with Crippen LogP contribution >= 0.6 is 11.3 Å². The molecule has 1 aliphatic heterocycles. The van der Waals surface area contributed by atoms with Crippen molar-refractivity contribution in [2.75, 3.05) is 18.4 Å². The zero-order chi connectivity index (χ0) is 13.9. The normalized spacial score (nSPS) is 22.5. The Balaban J connectivity index is 2.00. The molecule has 2 rings (SSSR count). The topological polar surface area (TPSA) is 82.5 Å². The van der Waals surface area contributed by atoms with E-state index in [1.165, 1.54) is 11.3 Å². The van der Waals surface area contributed by atoms with Crippen LogP contribution < -0.4 is 5.32 Å². The average Bonchev–Trinajstić information content (AvgIpc) is 2.99. The summed E-state index contributed by atoms with van der Waals surface area (Å²) in [6, 6.07) is -0.269. The molecule has 0 aromatic carbocycles. The van der Waals surface area contributed by atoms with E-state index in [4.69, 9.17) is 0 Å². The lowest BCUT2D eigenvalue weighted by Crippen LogP contribution is -2.38. The third kappa shape index (κ3) is 2.86. The summed E-state index contributed by atoms with van der Waals surface area (Å²) in [6.45, 7) is 2.71. The Morgan fingerprint density at radius 3 is 3.00 bits per heavy atom. The number of carboxylic acid groups (broad SMARTS) is 1. The van der Waals surface area contributed by atoms with Crippen molar-refractivity contribution >= 4 is 28.5 Å². The van der Waals surface area contributed by atoms with Crippen molar-refractivity contribution in [1.82, 2.24) is 9.88 Å². The Hall–Kier alpha value is -1.63. The third-order valence-electron chi connectivity index (χ3n) is 3.47. The van der Waals surface area contributed by atoms with Gasteiger partial charge in [-0.25, -0.2) is 9.78 Å². The lowest BCUT2D eigenvalue weighted by molar-refractivity contribution is -0.148. The second-order valence-corrected chi connectivity index (χ2v) is 5.67. The number of nitrogens with zero attached hydrogens (tertiary/aromatic N) is 2. The summed E-state index contributed by atoms with van der Waals surface area (Å²) >= 11 is 1.34. The van der Waals surface area contributed by atoms with E-state index in [9.17, 15) is 14.7 Å². The van der Waals surface area contributed by atoms with Crippen LogP contribution in [0.25, 0.3) is 0 Å². The number of amides is 2. The first-order chi connectivity index (χ1) is 9.07. The zero-order valence-corrected chi connectivity index (χ0v) is 11.6. The fourth-order valence-corrected chi connectivity index (χ4v) is 2.98. The van der Waals surface area contributed by atoms with Gasteiger partial charge in [-0.05, 0) is 12.8 Å². The highest BCUT2D eigenvalue weighted by Gasteiger charge is 2.45. The molecule has 6 nitrogen and oxygen atoms in total. The smallest absolute Gasteiger partial charge is 0.323 e. The summed E-state index contributed by atoms with van der Waals surface area (Å²) in [5.41, 5.74) is -0.783. The minimum atomic E-state index is -0.807. The molecule has 1 aromatic heterocycles. The van der Waals surface area contributed by atoms with Crippen LogP contribution in [-0.2, 0) is 4.79 Å². The average molecular weight is 283 g/mol. The summed E-state index contributed by atoms with van der Waals surface area (Å²) in [4.78, 5) is 29.0. The number of carbonyl (C=O) groups excluding carboxylic acids is 1. The SMILES string of the molecule is CCCC1(C(=O)O)CCN(C(=O)Nc2nccs2)C1. The van der Waals surface area contributed by atoms with Crippen molar-refractivity contribution in [3.8, 4) is 0 Å². The minimum Gasteiger partial charge on any atom is -0.481 e. The number of carbonyl (C=O) groups is 2.